The molecule has 0 aromatic heterocycles. The molecule has 0 unspecified atom stereocenters. The van der Waals surface area contributed by atoms with Gasteiger partial charge in [-0.25, -0.2) is 0 Å². The highest BCUT2D eigenvalue weighted by atomic mass is 16.5. The van der Waals surface area contributed by atoms with Crippen LogP contribution in [0.5, 0.6) is 5.75 Å². The number of hydrogen-bond donors (Lipinski definition) is 1. The van der Waals surface area contributed by atoms with Crippen LogP contribution in [0.1, 0.15) is 37.8 Å². The number of Topliss-reactive ketones (excluding diaryl/α,β-unsaturated/α-hetero) is 1. The van der Waals surface area contributed by atoms with E-state index in [9.17, 15) is 4.79 Å². The van der Waals surface area contributed by atoms with E-state index in [-0.39, 0.29) is 5.78 Å². The fourth-order valence-corrected chi connectivity index (χ4v) is 1.73. The smallest absolute Gasteiger partial charge is 0.143 e. The first-order chi connectivity index (χ1) is 8.04. The normalized spacial score (nSPS) is 10.6. The van der Waals surface area contributed by atoms with Gasteiger partial charge in [0.15, 0.2) is 0 Å². The van der Waals surface area contributed by atoms with Crippen LogP contribution in [0.4, 0.5) is 0 Å². The minimum atomic E-state index is 0.155. The molecule has 1 aromatic rings. The number of rotatable bonds is 6. The number of carbonyl (C=O) groups is 1. The van der Waals surface area contributed by atoms with Crippen molar-refractivity contribution in [1.82, 2.24) is 5.32 Å². The lowest BCUT2D eigenvalue weighted by molar-refractivity contribution is -0.116. The zero-order valence-electron chi connectivity index (χ0n) is 11.0. The third kappa shape index (κ3) is 4.19. The lowest BCUT2D eigenvalue weighted by atomic mass is 9.99. The molecule has 0 saturated carbocycles. The van der Waals surface area contributed by atoms with Crippen LogP contribution < -0.4 is 10.1 Å². The molecule has 3 nitrogen and oxygen atoms in total. The van der Waals surface area contributed by atoms with Crippen molar-refractivity contribution in [3.05, 3.63) is 29.3 Å². The third-order valence-corrected chi connectivity index (χ3v) is 2.62. The van der Waals surface area contributed by atoms with Gasteiger partial charge in [0.25, 0.3) is 0 Å². The molecular weight excluding hydrogens is 214 g/mol. The Hall–Kier alpha value is -1.35. The number of methoxy groups -OCH3 is 1. The Labute approximate surface area is 103 Å². The number of ether oxygens (including phenoxy) is 1. The minimum absolute atomic E-state index is 0.155. The fourth-order valence-electron chi connectivity index (χ4n) is 1.73. The quantitative estimate of drug-likeness (QED) is 0.823. The summed E-state index contributed by atoms with van der Waals surface area (Å²) in [7, 11) is 1.69. The molecule has 1 N–H and O–H groups in total. The molecule has 0 atom stereocenters. The van der Waals surface area contributed by atoms with Crippen molar-refractivity contribution in [2.24, 2.45) is 0 Å². The van der Waals surface area contributed by atoms with E-state index in [2.05, 4.69) is 25.2 Å². The predicted molar refractivity (Wildman–Crippen MR) is 69.5 cm³/mol. The summed E-state index contributed by atoms with van der Waals surface area (Å²) in [6, 6.07) is 6.15. The van der Waals surface area contributed by atoms with Gasteiger partial charge >= 0.3 is 0 Å². The third-order valence-electron chi connectivity index (χ3n) is 2.62. The monoisotopic (exact) mass is 235 g/mol. The molecule has 0 radical (unpaired) electrons. The van der Waals surface area contributed by atoms with Gasteiger partial charge in [-0.2, -0.15) is 0 Å². The number of carbonyl (C=O) groups excluding carboxylic acids is 1. The molecule has 0 fully saturated rings. The molecule has 1 aromatic carbocycles. The summed E-state index contributed by atoms with van der Waals surface area (Å²) in [4.78, 5) is 10.8. The number of ketones is 1. The average molecular weight is 235 g/mol. The molecule has 0 aliphatic carbocycles. The molecule has 0 aliphatic heterocycles. The summed E-state index contributed by atoms with van der Waals surface area (Å²) < 4.78 is 5.33. The highest BCUT2D eigenvalue weighted by molar-refractivity contribution is 5.77. The van der Waals surface area contributed by atoms with Gasteiger partial charge in [-0.1, -0.05) is 26.0 Å². The average Bonchev–Trinajstić information content (AvgIpc) is 2.28. The maximum Gasteiger partial charge on any atom is 0.143 e. The van der Waals surface area contributed by atoms with Crippen LogP contribution in [-0.4, -0.2) is 19.4 Å². The van der Waals surface area contributed by atoms with Gasteiger partial charge < -0.3 is 10.1 Å². The highest BCUT2D eigenvalue weighted by Gasteiger charge is 2.08. The van der Waals surface area contributed by atoms with Crippen molar-refractivity contribution in [1.29, 1.82) is 0 Å². The minimum Gasteiger partial charge on any atom is -0.496 e. The van der Waals surface area contributed by atoms with Crippen molar-refractivity contribution < 1.29 is 9.53 Å². The van der Waals surface area contributed by atoms with Gasteiger partial charge in [0, 0.05) is 6.54 Å². The molecule has 0 heterocycles. The summed E-state index contributed by atoms with van der Waals surface area (Å²) in [5.41, 5.74) is 2.38. The standard InChI is InChI=1S/C14H21NO2/c1-10(2)13-7-12(5-6-14(13)17-4)9-15-8-11(3)16/h5-7,10,15H,8-9H2,1-4H3. The molecule has 0 aliphatic rings. The topological polar surface area (TPSA) is 38.3 Å². The van der Waals surface area contributed by atoms with Gasteiger partial charge in [-0.3, -0.25) is 4.79 Å². The molecule has 17 heavy (non-hydrogen) atoms. The van der Waals surface area contributed by atoms with Crippen LogP contribution in [0.2, 0.25) is 0 Å². The first-order valence-electron chi connectivity index (χ1n) is 5.91. The van der Waals surface area contributed by atoms with Crippen molar-refractivity contribution in [2.75, 3.05) is 13.7 Å². The maximum atomic E-state index is 10.8. The van der Waals surface area contributed by atoms with Crippen molar-refractivity contribution in [3.63, 3.8) is 0 Å². The van der Waals surface area contributed by atoms with E-state index in [1.807, 2.05) is 12.1 Å². The lowest BCUT2D eigenvalue weighted by Crippen LogP contribution is -2.20. The fraction of sp³-hybridized carbons (Fsp3) is 0.500. The Morgan fingerprint density at radius 1 is 1.41 bits per heavy atom. The molecule has 0 amide bonds. The van der Waals surface area contributed by atoms with Crippen LogP contribution in [0.25, 0.3) is 0 Å². The van der Waals surface area contributed by atoms with E-state index in [0.717, 1.165) is 5.75 Å². The highest BCUT2D eigenvalue weighted by Crippen LogP contribution is 2.27. The predicted octanol–water partition coefficient (Wildman–Crippen LogP) is 2.50. The molecule has 1 rings (SSSR count). The first kappa shape index (κ1) is 13.7. The van der Waals surface area contributed by atoms with Crippen molar-refractivity contribution in [2.45, 2.75) is 33.2 Å². The SMILES string of the molecule is COc1ccc(CNCC(C)=O)cc1C(C)C. The largest absolute Gasteiger partial charge is 0.496 e. The Kier molecular flexibility index (Phi) is 5.16. The number of benzene rings is 1. The molecule has 3 heteroatoms. The lowest BCUT2D eigenvalue weighted by Gasteiger charge is -2.13. The summed E-state index contributed by atoms with van der Waals surface area (Å²) in [5.74, 6) is 1.51. The van der Waals surface area contributed by atoms with Crippen LogP contribution >= 0.6 is 0 Å². The van der Waals surface area contributed by atoms with Crippen LogP contribution in [0.3, 0.4) is 0 Å². The second kappa shape index (κ2) is 6.40. The van der Waals surface area contributed by atoms with Gasteiger partial charge in [0.1, 0.15) is 11.5 Å². The Morgan fingerprint density at radius 3 is 2.65 bits per heavy atom. The second-order valence-corrected chi connectivity index (χ2v) is 4.54. The van der Waals surface area contributed by atoms with Gasteiger partial charge in [0.2, 0.25) is 0 Å². The molecule has 0 bridgehead atoms. The summed E-state index contributed by atoms with van der Waals surface area (Å²) >= 11 is 0. The summed E-state index contributed by atoms with van der Waals surface area (Å²) in [6.45, 7) is 7.00. The first-order valence-corrected chi connectivity index (χ1v) is 5.91. The van der Waals surface area contributed by atoms with Gasteiger partial charge in [-0.15, -0.1) is 0 Å². The molecule has 0 spiro atoms. The summed E-state index contributed by atoms with van der Waals surface area (Å²) in [5, 5.41) is 3.11. The summed E-state index contributed by atoms with van der Waals surface area (Å²) in [6.07, 6.45) is 0. The van der Waals surface area contributed by atoms with E-state index < -0.39 is 0 Å². The number of hydrogen-bond acceptors (Lipinski definition) is 3. The van der Waals surface area contributed by atoms with Crippen LogP contribution in [-0.2, 0) is 11.3 Å². The van der Waals surface area contributed by atoms with Crippen molar-refractivity contribution >= 4 is 5.78 Å². The van der Waals surface area contributed by atoms with Gasteiger partial charge in [0.05, 0.1) is 13.7 Å². The van der Waals surface area contributed by atoms with Crippen molar-refractivity contribution in [3.8, 4) is 5.75 Å². The molecule has 0 saturated heterocycles. The second-order valence-electron chi connectivity index (χ2n) is 4.54. The van der Waals surface area contributed by atoms with E-state index in [4.69, 9.17) is 4.74 Å². The van der Waals surface area contributed by atoms with E-state index in [1.165, 1.54) is 11.1 Å². The zero-order chi connectivity index (χ0) is 12.8. The molecule has 94 valence electrons. The van der Waals surface area contributed by atoms with E-state index in [0.29, 0.717) is 19.0 Å². The van der Waals surface area contributed by atoms with Crippen LogP contribution in [0.15, 0.2) is 18.2 Å². The maximum absolute atomic E-state index is 10.8. The van der Waals surface area contributed by atoms with Gasteiger partial charge in [-0.05, 0) is 30.0 Å². The van der Waals surface area contributed by atoms with E-state index in [1.54, 1.807) is 14.0 Å². The van der Waals surface area contributed by atoms with Crippen LogP contribution in [0, 0.1) is 0 Å². The Balaban J connectivity index is 2.74. The number of nitrogens with one attached hydrogen (secondary N) is 1. The van der Waals surface area contributed by atoms with E-state index >= 15 is 0 Å². The zero-order valence-corrected chi connectivity index (χ0v) is 11.0. The Morgan fingerprint density at radius 2 is 2.12 bits per heavy atom. The molecular formula is C14H21NO2. The Bertz CT molecular complexity index is 386.